The molecule has 2 rings (SSSR count). The molecular weight excluding hydrogens is 268 g/mol. The van der Waals surface area contributed by atoms with Crippen molar-refractivity contribution in [2.45, 2.75) is 13.5 Å². The van der Waals surface area contributed by atoms with E-state index >= 15 is 0 Å². The van der Waals surface area contributed by atoms with Crippen LogP contribution in [0.5, 0.6) is 5.75 Å². The number of nitrogens with zero attached hydrogens (tertiary/aromatic N) is 1. The maximum absolute atomic E-state index is 12.1. The van der Waals surface area contributed by atoms with E-state index in [4.69, 9.17) is 14.9 Å². The molecule has 0 spiro atoms. The van der Waals surface area contributed by atoms with Gasteiger partial charge in [0, 0.05) is 7.05 Å². The van der Waals surface area contributed by atoms with Crippen molar-refractivity contribution < 1.29 is 13.9 Å². The molecule has 0 aliphatic rings. The maximum Gasteiger partial charge on any atom is 0.289 e. The van der Waals surface area contributed by atoms with E-state index in [1.54, 1.807) is 24.1 Å². The zero-order chi connectivity index (χ0) is 15.2. The van der Waals surface area contributed by atoms with Crippen LogP contribution in [0.2, 0.25) is 0 Å². The molecule has 0 aliphatic heterocycles. The van der Waals surface area contributed by atoms with Crippen molar-refractivity contribution in [1.29, 1.82) is 0 Å². The molecule has 0 fully saturated rings. The van der Waals surface area contributed by atoms with Gasteiger partial charge >= 0.3 is 0 Å². The Kier molecular flexibility index (Phi) is 5.00. The summed E-state index contributed by atoms with van der Waals surface area (Å²) >= 11 is 0. The molecule has 5 nitrogen and oxygen atoms in total. The Bertz CT molecular complexity index is 590. The molecular formula is C16H20N2O3. The standard InChI is InChI=1S/C16H20N2O3/c1-12-3-5-13(6-4-12)20-10-9-18(2)16(19)15-8-7-14(11-17)21-15/h3-8H,9-11,17H2,1-2H3. The lowest BCUT2D eigenvalue weighted by atomic mass is 10.2. The summed E-state index contributed by atoms with van der Waals surface area (Å²) in [5, 5.41) is 0. The molecule has 2 aromatic rings. The Balaban J connectivity index is 1.82. The van der Waals surface area contributed by atoms with Gasteiger partial charge in [0.15, 0.2) is 5.76 Å². The molecule has 5 heteroatoms. The number of amides is 1. The van der Waals surface area contributed by atoms with Crippen LogP contribution in [0.15, 0.2) is 40.8 Å². The van der Waals surface area contributed by atoms with Gasteiger partial charge < -0.3 is 19.8 Å². The van der Waals surface area contributed by atoms with E-state index in [0.29, 0.717) is 24.7 Å². The van der Waals surface area contributed by atoms with E-state index in [2.05, 4.69) is 0 Å². The van der Waals surface area contributed by atoms with E-state index in [9.17, 15) is 4.79 Å². The molecule has 112 valence electrons. The third-order valence-electron chi connectivity index (χ3n) is 3.14. The summed E-state index contributed by atoms with van der Waals surface area (Å²) in [5.74, 6) is 1.52. The number of hydrogen-bond acceptors (Lipinski definition) is 4. The van der Waals surface area contributed by atoms with Gasteiger partial charge in [-0.1, -0.05) is 17.7 Å². The number of likely N-dealkylation sites (N-methyl/N-ethyl adjacent to an activating group) is 1. The number of carbonyl (C=O) groups excluding carboxylic acids is 1. The quantitative estimate of drug-likeness (QED) is 0.884. The number of aryl methyl sites for hydroxylation is 1. The first kappa shape index (κ1) is 15.1. The molecule has 0 unspecified atom stereocenters. The van der Waals surface area contributed by atoms with E-state index in [0.717, 1.165) is 5.75 Å². The number of hydrogen-bond donors (Lipinski definition) is 1. The maximum atomic E-state index is 12.1. The molecule has 0 atom stereocenters. The topological polar surface area (TPSA) is 68.7 Å². The average molecular weight is 288 g/mol. The number of furan rings is 1. The first-order valence-corrected chi connectivity index (χ1v) is 6.84. The van der Waals surface area contributed by atoms with Gasteiger partial charge in [-0.3, -0.25) is 4.79 Å². The molecule has 0 saturated heterocycles. The zero-order valence-electron chi connectivity index (χ0n) is 12.3. The van der Waals surface area contributed by atoms with Crippen molar-refractivity contribution in [3.8, 4) is 5.75 Å². The summed E-state index contributed by atoms with van der Waals surface area (Å²) in [5.41, 5.74) is 6.64. The van der Waals surface area contributed by atoms with Crippen LogP contribution in [0.25, 0.3) is 0 Å². The van der Waals surface area contributed by atoms with Crippen LogP contribution in [0.1, 0.15) is 21.9 Å². The third-order valence-corrected chi connectivity index (χ3v) is 3.14. The van der Waals surface area contributed by atoms with Crippen LogP contribution in [0.3, 0.4) is 0 Å². The van der Waals surface area contributed by atoms with Crippen LogP contribution in [-0.2, 0) is 6.54 Å². The molecule has 1 heterocycles. The second kappa shape index (κ2) is 6.95. The lowest BCUT2D eigenvalue weighted by Gasteiger charge is -2.16. The average Bonchev–Trinajstić information content (AvgIpc) is 2.97. The van der Waals surface area contributed by atoms with Gasteiger partial charge in [0.05, 0.1) is 13.1 Å². The van der Waals surface area contributed by atoms with E-state index in [1.807, 2.05) is 31.2 Å². The molecule has 1 amide bonds. The number of benzene rings is 1. The SMILES string of the molecule is Cc1ccc(OCCN(C)C(=O)c2ccc(CN)o2)cc1. The van der Waals surface area contributed by atoms with Crippen molar-refractivity contribution in [3.05, 3.63) is 53.5 Å². The van der Waals surface area contributed by atoms with E-state index in [-0.39, 0.29) is 12.5 Å². The van der Waals surface area contributed by atoms with Crippen molar-refractivity contribution in [3.63, 3.8) is 0 Å². The molecule has 0 aliphatic carbocycles. The van der Waals surface area contributed by atoms with Crippen LogP contribution in [0, 0.1) is 6.92 Å². The lowest BCUT2D eigenvalue weighted by molar-refractivity contribution is 0.0740. The lowest BCUT2D eigenvalue weighted by Crippen LogP contribution is -2.30. The highest BCUT2D eigenvalue weighted by Gasteiger charge is 2.15. The highest BCUT2D eigenvalue weighted by atomic mass is 16.5. The van der Waals surface area contributed by atoms with Crippen molar-refractivity contribution in [2.24, 2.45) is 5.73 Å². The van der Waals surface area contributed by atoms with Gasteiger partial charge in [-0.05, 0) is 31.2 Å². The molecule has 1 aromatic heterocycles. The van der Waals surface area contributed by atoms with Crippen LogP contribution in [0.4, 0.5) is 0 Å². The minimum atomic E-state index is -0.179. The monoisotopic (exact) mass is 288 g/mol. The fourth-order valence-electron chi connectivity index (χ4n) is 1.83. The second-order valence-corrected chi connectivity index (χ2v) is 4.86. The summed E-state index contributed by atoms with van der Waals surface area (Å²) in [7, 11) is 1.71. The van der Waals surface area contributed by atoms with Crippen LogP contribution in [-0.4, -0.2) is 31.0 Å². The van der Waals surface area contributed by atoms with Gasteiger partial charge in [-0.2, -0.15) is 0 Å². The minimum Gasteiger partial charge on any atom is -0.492 e. The smallest absolute Gasteiger partial charge is 0.289 e. The molecule has 21 heavy (non-hydrogen) atoms. The van der Waals surface area contributed by atoms with E-state index in [1.165, 1.54) is 5.56 Å². The van der Waals surface area contributed by atoms with Crippen LogP contribution < -0.4 is 10.5 Å². The zero-order valence-corrected chi connectivity index (χ0v) is 12.3. The molecule has 0 bridgehead atoms. The Morgan fingerprint density at radius 2 is 1.95 bits per heavy atom. The minimum absolute atomic E-state index is 0.179. The normalized spacial score (nSPS) is 10.4. The van der Waals surface area contributed by atoms with Crippen molar-refractivity contribution in [2.75, 3.05) is 20.2 Å². The predicted octanol–water partition coefficient (Wildman–Crippen LogP) is 2.20. The number of nitrogens with two attached hydrogens (primary N) is 1. The second-order valence-electron chi connectivity index (χ2n) is 4.86. The number of rotatable bonds is 6. The Morgan fingerprint density at radius 1 is 1.24 bits per heavy atom. The van der Waals surface area contributed by atoms with Gasteiger partial charge in [0.2, 0.25) is 0 Å². The number of carbonyl (C=O) groups is 1. The van der Waals surface area contributed by atoms with Gasteiger partial charge in [-0.15, -0.1) is 0 Å². The Hall–Kier alpha value is -2.27. The highest BCUT2D eigenvalue weighted by molar-refractivity contribution is 5.91. The third kappa shape index (κ3) is 4.10. The van der Waals surface area contributed by atoms with Gasteiger partial charge in [-0.25, -0.2) is 0 Å². The van der Waals surface area contributed by atoms with Crippen LogP contribution >= 0.6 is 0 Å². The molecule has 2 N–H and O–H groups in total. The molecule has 0 saturated carbocycles. The highest BCUT2D eigenvalue weighted by Crippen LogP contribution is 2.12. The summed E-state index contributed by atoms with van der Waals surface area (Å²) in [4.78, 5) is 13.7. The number of ether oxygens (including phenoxy) is 1. The Morgan fingerprint density at radius 3 is 2.57 bits per heavy atom. The summed E-state index contributed by atoms with van der Waals surface area (Å²) in [6.45, 7) is 3.21. The summed E-state index contributed by atoms with van der Waals surface area (Å²) in [6.07, 6.45) is 0. The fourth-order valence-corrected chi connectivity index (χ4v) is 1.83. The van der Waals surface area contributed by atoms with E-state index < -0.39 is 0 Å². The fraction of sp³-hybridized carbons (Fsp3) is 0.312. The van der Waals surface area contributed by atoms with Gasteiger partial charge in [0.25, 0.3) is 5.91 Å². The summed E-state index contributed by atoms with van der Waals surface area (Å²) < 4.78 is 10.9. The molecule has 0 radical (unpaired) electrons. The molecule has 1 aromatic carbocycles. The first-order valence-electron chi connectivity index (χ1n) is 6.84. The largest absolute Gasteiger partial charge is 0.492 e. The first-order chi connectivity index (χ1) is 10.1. The Labute approximate surface area is 124 Å². The van der Waals surface area contributed by atoms with Crippen molar-refractivity contribution >= 4 is 5.91 Å². The van der Waals surface area contributed by atoms with Crippen molar-refractivity contribution in [1.82, 2.24) is 4.90 Å². The summed E-state index contributed by atoms with van der Waals surface area (Å²) in [6, 6.07) is 11.2. The van der Waals surface area contributed by atoms with Gasteiger partial charge in [0.1, 0.15) is 18.1 Å². The predicted molar refractivity (Wildman–Crippen MR) is 80.2 cm³/mol.